The molecule has 3 rings (SSSR count). The highest BCUT2D eigenvalue weighted by Crippen LogP contribution is 2.22. The molecule has 0 saturated heterocycles. The molecule has 3 aromatic heterocycles. The van der Waals surface area contributed by atoms with E-state index in [2.05, 4.69) is 20.5 Å². The average molecular weight is 291 g/mol. The molecule has 0 radical (unpaired) electrons. The Kier molecular flexibility index (Phi) is 3.57. The van der Waals surface area contributed by atoms with Gasteiger partial charge in [-0.2, -0.15) is 16.3 Å². The minimum Gasteiger partial charge on any atom is -0.391 e. The zero-order chi connectivity index (χ0) is 13.9. The number of aliphatic hydroxyl groups is 1. The number of thiophene rings is 1. The number of aliphatic hydroxyl groups excluding tert-OH is 1. The second-order valence-electron chi connectivity index (χ2n) is 4.32. The van der Waals surface area contributed by atoms with Crippen molar-refractivity contribution in [1.29, 1.82) is 0 Å². The highest BCUT2D eigenvalue weighted by atomic mass is 32.1. The molecule has 3 heterocycles. The lowest BCUT2D eigenvalue weighted by molar-refractivity contribution is 0.144. The van der Waals surface area contributed by atoms with Crippen molar-refractivity contribution in [3.05, 3.63) is 23.0 Å². The maximum Gasteiger partial charge on any atom is 0.280 e. The van der Waals surface area contributed by atoms with Crippen LogP contribution < -0.4 is 0 Å². The number of hydrogen-bond acceptors (Lipinski definition) is 7. The molecule has 20 heavy (non-hydrogen) atoms. The Hall–Kier alpha value is -2.06. The Bertz CT molecular complexity index is 676. The molecule has 0 aromatic carbocycles. The topological polar surface area (TPSA) is 89.9 Å². The fraction of sp³-hybridized carbons (Fsp3) is 0.333. The van der Waals surface area contributed by atoms with Crippen molar-refractivity contribution in [2.45, 2.75) is 26.0 Å². The van der Waals surface area contributed by atoms with Crippen LogP contribution in [0.2, 0.25) is 0 Å². The van der Waals surface area contributed by atoms with Crippen LogP contribution in [0.15, 0.2) is 27.5 Å². The molecule has 0 fully saturated rings. The van der Waals surface area contributed by atoms with E-state index in [4.69, 9.17) is 4.52 Å². The van der Waals surface area contributed by atoms with E-state index in [1.807, 2.05) is 23.8 Å². The van der Waals surface area contributed by atoms with Gasteiger partial charge in [-0.15, -0.1) is 5.10 Å². The number of aromatic nitrogens is 5. The molecule has 0 aliphatic carbocycles. The van der Waals surface area contributed by atoms with E-state index in [9.17, 15) is 5.11 Å². The van der Waals surface area contributed by atoms with E-state index in [1.165, 1.54) is 0 Å². The summed E-state index contributed by atoms with van der Waals surface area (Å²) in [5.41, 5.74) is 1.42. The maximum absolute atomic E-state index is 9.58. The molecule has 8 heteroatoms. The third-order valence-electron chi connectivity index (χ3n) is 2.83. The predicted molar refractivity (Wildman–Crippen MR) is 72.9 cm³/mol. The second-order valence-corrected chi connectivity index (χ2v) is 5.10. The van der Waals surface area contributed by atoms with E-state index < -0.39 is 6.10 Å². The predicted octanol–water partition coefficient (Wildman–Crippen LogP) is 1.83. The smallest absolute Gasteiger partial charge is 0.280 e. The Labute approximate surface area is 118 Å². The van der Waals surface area contributed by atoms with Gasteiger partial charge < -0.3 is 9.63 Å². The van der Waals surface area contributed by atoms with Crippen molar-refractivity contribution in [3.8, 4) is 23.0 Å². The van der Waals surface area contributed by atoms with E-state index in [0.717, 1.165) is 5.56 Å². The van der Waals surface area contributed by atoms with Crippen molar-refractivity contribution in [2.75, 3.05) is 0 Å². The van der Waals surface area contributed by atoms with Gasteiger partial charge in [0.2, 0.25) is 5.82 Å². The summed E-state index contributed by atoms with van der Waals surface area (Å²) in [6.07, 6.45) is 1.91. The Morgan fingerprint density at radius 1 is 1.50 bits per heavy atom. The van der Waals surface area contributed by atoms with E-state index in [-0.39, 0.29) is 0 Å². The summed E-state index contributed by atoms with van der Waals surface area (Å²) in [6, 6.07) is 1.92. The Morgan fingerprint density at radius 2 is 2.40 bits per heavy atom. The van der Waals surface area contributed by atoms with Gasteiger partial charge in [0, 0.05) is 10.9 Å². The number of hydrogen-bond donors (Lipinski definition) is 1. The van der Waals surface area contributed by atoms with Crippen LogP contribution in [0.5, 0.6) is 0 Å². The quantitative estimate of drug-likeness (QED) is 0.771. The molecule has 0 aliphatic heterocycles. The third kappa shape index (κ3) is 2.61. The standard InChI is InChI=1S/C12H13N5O2S/c1-2-9(18)5-17-6-10(14-16-17)12-13-11(15-19-12)8-3-4-20-7-8/h3-4,6-7,9,18H,2,5H2,1H3. The lowest BCUT2D eigenvalue weighted by Crippen LogP contribution is -2.15. The van der Waals surface area contributed by atoms with Crippen LogP contribution in [0.25, 0.3) is 23.0 Å². The molecule has 104 valence electrons. The summed E-state index contributed by atoms with van der Waals surface area (Å²) < 4.78 is 6.75. The summed E-state index contributed by atoms with van der Waals surface area (Å²) >= 11 is 1.57. The van der Waals surface area contributed by atoms with Gasteiger partial charge in [-0.3, -0.25) is 0 Å². The van der Waals surface area contributed by atoms with Crippen LogP contribution in [-0.2, 0) is 6.54 Å². The average Bonchev–Trinajstić information content (AvgIpc) is 3.18. The molecule has 3 aromatic rings. The third-order valence-corrected chi connectivity index (χ3v) is 3.52. The van der Waals surface area contributed by atoms with Crippen LogP contribution in [0, 0.1) is 0 Å². The van der Waals surface area contributed by atoms with Gasteiger partial charge >= 0.3 is 0 Å². The lowest BCUT2D eigenvalue weighted by atomic mass is 10.3. The molecule has 1 N–H and O–H groups in total. The molecule has 0 saturated carbocycles. The van der Waals surface area contributed by atoms with Gasteiger partial charge in [0.1, 0.15) is 0 Å². The van der Waals surface area contributed by atoms with Gasteiger partial charge in [-0.05, 0) is 17.9 Å². The SMILES string of the molecule is CCC(O)Cn1cc(-c2nc(-c3ccsc3)no2)nn1. The van der Waals surface area contributed by atoms with Crippen molar-refractivity contribution in [2.24, 2.45) is 0 Å². The minimum atomic E-state index is -0.436. The van der Waals surface area contributed by atoms with Crippen LogP contribution in [0.1, 0.15) is 13.3 Å². The maximum atomic E-state index is 9.58. The molecule has 0 spiro atoms. The zero-order valence-electron chi connectivity index (χ0n) is 10.8. The summed E-state index contributed by atoms with van der Waals surface area (Å²) in [7, 11) is 0. The Balaban J connectivity index is 1.80. The largest absolute Gasteiger partial charge is 0.391 e. The lowest BCUT2D eigenvalue weighted by Gasteiger charge is -2.05. The molecule has 7 nitrogen and oxygen atoms in total. The van der Waals surface area contributed by atoms with Gasteiger partial charge in [0.05, 0.1) is 18.8 Å². The summed E-state index contributed by atoms with van der Waals surface area (Å²) in [5.74, 6) is 0.854. The molecule has 0 bridgehead atoms. The molecule has 1 atom stereocenters. The van der Waals surface area contributed by atoms with E-state index in [0.29, 0.717) is 30.4 Å². The normalized spacial score (nSPS) is 12.7. The van der Waals surface area contributed by atoms with Gasteiger partial charge in [0.25, 0.3) is 5.89 Å². The first-order valence-corrected chi connectivity index (χ1v) is 7.15. The number of nitrogens with zero attached hydrogens (tertiary/aromatic N) is 5. The monoisotopic (exact) mass is 291 g/mol. The first-order chi connectivity index (χ1) is 9.76. The summed E-state index contributed by atoms with van der Waals surface area (Å²) in [6.45, 7) is 2.31. The van der Waals surface area contributed by atoms with Gasteiger partial charge in [0.15, 0.2) is 5.69 Å². The van der Waals surface area contributed by atoms with Gasteiger partial charge in [-0.25, -0.2) is 4.68 Å². The van der Waals surface area contributed by atoms with Crippen molar-refractivity contribution < 1.29 is 9.63 Å². The highest BCUT2D eigenvalue weighted by Gasteiger charge is 2.14. The molecular formula is C12H13N5O2S. The van der Waals surface area contributed by atoms with E-state index in [1.54, 1.807) is 22.2 Å². The molecule has 0 aliphatic rings. The van der Waals surface area contributed by atoms with Crippen LogP contribution in [0.4, 0.5) is 0 Å². The number of rotatable bonds is 5. The van der Waals surface area contributed by atoms with Crippen molar-refractivity contribution in [1.82, 2.24) is 25.1 Å². The fourth-order valence-corrected chi connectivity index (χ4v) is 2.30. The Morgan fingerprint density at radius 3 is 3.15 bits per heavy atom. The summed E-state index contributed by atoms with van der Waals surface area (Å²) in [4.78, 5) is 4.29. The molecule has 1 unspecified atom stereocenters. The highest BCUT2D eigenvalue weighted by molar-refractivity contribution is 7.08. The minimum absolute atomic E-state index is 0.323. The van der Waals surface area contributed by atoms with Crippen LogP contribution in [-0.4, -0.2) is 36.3 Å². The van der Waals surface area contributed by atoms with Gasteiger partial charge in [-0.1, -0.05) is 17.3 Å². The van der Waals surface area contributed by atoms with Crippen LogP contribution >= 0.6 is 11.3 Å². The van der Waals surface area contributed by atoms with E-state index >= 15 is 0 Å². The van der Waals surface area contributed by atoms with Crippen molar-refractivity contribution >= 4 is 11.3 Å². The molecule has 0 amide bonds. The zero-order valence-corrected chi connectivity index (χ0v) is 11.6. The van der Waals surface area contributed by atoms with Crippen molar-refractivity contribution in [3.63, 3.8) is 0 Å². The fourth-order valence-electron chi connectivity index (χ4n) is 1.67. The summed E-state index contributed by atoms with van der Waals surface area (Å²) in [5, 5.41) is 25.3. The second kappa shape index (κ2) is 5.51. The first-order valence-electron chi connectivity index (χ1n) is 6.21. The first kappa shape index (κ1) is 12.9. The van der Waals surface area contributed by atoms with Crippen LogP contribution in [0.3, 0.4) is 0 Å². The molecular weight excluding hydrogens is 278 g/mol.